The van der Waals surface area contributed by atoms with Crippen LogP contribution in [0.4, 0.5) is 0 Å². The van der Waals surface area contributed by atoms with Crippen LogP contribution in [0.3, 0.4) is 0 Å². The number of halogens is 1. The molecule has 1 aliphatic heterocycles. The van der Waals surface area contributed by atoms with Gasteiger partial charge in [0.25, 0.3) is 0 Å². The van der Waals surface area contributed by atoms with Gasteiger partial charge in [-0.25, -0.2) is 0 Å². The van der Waals surface area contributed by atoms with Gasteiger partial charge in [0.1, 0.15) is 5.75 Å². The summed E-state index contributed by atoms with van der Waals surface area (Å²) in [7, 11) is 1.60. The van der Waals surface area contributed by atoms with Crippen molar-refractivity contribution in [2.24, 2.45) is 5.92 Å². The molecule has 1 fully saturated rings. The van der Waals surface area contributed by atoms with Crippen LogP contribution in [0.2, 0.25) is 0 Å². The number of hydrogen-bond acceptors (Lipinski definition) is 3. The smallest absolute Gasteiger partial charge is 0.303 e. The molecule has 1 saturated heterocycles. The van der Waals surface area contributed by atoms with E-state index < -0.39 is 5.97 Å². The number of carbonyl (C=O) groups is 2. The number of methoxy groups -OCH3 is 1. The van der Waals surface area contributed by atoms with E-state index >= 15 is 0 Å². The molecule has 0 unspecified atom stereocenters. The fourth-order valence-electron chi connectivity index (χ4n) is 2.72. The standard InChI is InChI=1S/C16H20BrNO4/c1-22-13-2-3-14(17)12(9-13)10-15(19)18-6-4-11(5-7-18)8-16(20)21/h2-3,9,11H,4-8,10H2,1H3,(H,20,21). The minimum atomic E-state index is -0.759. The lowest BCUT2D eigenvalue weighted by atomic mass is 9.93. The van der Waals surface area contributed by atoms with Crippen LogP contribution in [0.25, 0.3) is 0 Å². The van der Waals surface area contributed by atoms with Crippen LogP contribution in [0.1, 0.15) is 24.8 Å². The normalized spacial score (nSPS) is 15.6. The van der Waals surface area contributed by atoms with E-state index in [9.17, 15) is 9.59 Å². The minimum Gasteiger partial charge on any atom is -0.497 e. The number of carboxylic acid groups (broad SMARTS) is 1. The molecule has 1 aromatic rings. The number of likely N-dealkylation sites (tertiary alicyclic amines) is 1. The molecule has 1 N–H and O–H groups in total. The fraction of sp³-hybridized carbons (Fsp3) is 0.500. The Morgan fingerprint density at radius 2 is 2.05 bits per heavy atom. The van der Waals surface area contributed by atoms with Gasteiger partial charge < -0.3 is 14.7 Å². The number of aliphatic carboxylic acids is 1. The minimum absolute atomic E-state index is 0.0720. The zero-order valence-electron chi connectivity index (χ0n) is 12.5. The van der Waals surface area contributed by atoms with Crippen molar-refractivity contribution in [2.75, 3.05) is 20.2 Å². The first-order valence-electron chi connectivity index (χ1n) is 7.31. The summed E-state index contributed by atoms with van der Waals surface area (Å²) in [6.45, 7) is 1.27. The Morgan fingerprint density at radius 3 is 2.64 bits per heavy atom. The van der Waals surface area contributed by atoms with Crippen molar-refractivity contribution in [3.8, 4) is 5.75 Å². The number of benzene rings is 1. The predicted molar refractivity (Wildman–Crippen MR) is 86.0 cm³/mol. The van der Waals surface area contributed by atoms with Gasteiger partial charge in [-0.05, 0) is 42.5 Å². The molecular weight excluding hydrogens is 350 g/mol. The lowest BCUT2D eigenvalue weighted by Crippen LogP contribution is -2.39. The number of carbonyl (C=O) groups excluding carboxylic acids is 1. The molecule has 6 heteroatoms. The first kappa shape index (κ1) is 16.8. The van der Waals surface area contributed by atoms with Crippen LogP contribution < -0.4 is 4.74 Å². The van der Waals surface area contributed by atoms with Gasteiger partial charge in [-0.1, -0.05) is 15.9 Å². The second-order valence-corrected chi connectivity index (χ2v) is 6.41. The molecule has 120 valence electrons. The molecule has 0 bridgehead atoms. The third kappa shape index (κ3) is 4.47. The molecule has 0 radical (unpaired) electrons. The Labute approximate surface area is 138 Å². The lowest BCUT2D eigenvalue weighted by molar-refractivity contribution is -0.138. The van der Waals surface area contributed by atoms with E-state index in [4.69, 9.17) is 9.84 Å². The molecule has 2 rings (SSSR count). The van der Waals surface area contributed by atoms with Crippen LogP contribution in [0.15, 0.2) is 22.7 Å². The molecule has 1 amide bonds. The Bertz CT molecular complexity index is 553. The van der Waals surface area contributed by atoms with Crippen molar-refractivity contribution in [2.45, 2.75) is 25.7 Å². The second-order valence-electron chi connectivity index (χ2n) is 5.56. The summed E-state index contributed by atoms with van der Waals surface area (Å²) in [4.78, 5) is 24.9. The topological polar surface area (TPSA) is 66.8 Å². The summed E-state index contributed by atoms with van der Waals surface area (Å²) in [6.07, 6.45) is 2.04. The van der Waals surface area contributed by atoms with E-state index in [1.165, 1.54) is 0 Å². The number of piperidine rings is 1. The SMILES string of the molecule is COc1ccc(Br)c(CC(=O)N2CCC(CC(=O)O)CC2)c1. The predicted octanol–water partition coefficient (Wildman–Crippen LogP) is 2.71. The van der Waals surface area contributed by atoms with Crippen molar-refractivity contribution in [1.82, 2.24) is 4.90 Å². The zero-order chi connectivity index (χ0) is 16.1. The van der Waals surface area contributed by atoms with Crippen LogP contribution in [-0.4, -0.2) is 42.1 Å². The maximum Gasteiger partial charge on any atom is 0.303 e. The van der Waals surface area contributed by atoms with E-state index in [0.29, 0.717) is 19.5 Å². The summed E-state index contributed by atoms with van der Waals surface area (Å²) in [5.41, 5.74) is 0.900. The molecule has 1 aromatic carbocycles. The average molecular weight is 370 g/mol. The highest BCUT2D eigenvalue weighted by atomic mass is 79.9. The summed E-state index contributed by atoms with van der Waals surface area (Å²) >= 11 is 3.46. The maximum atomic E-state index is 12.4. The number of amides is 1. The van der Waals surface area contributed by atoms with Gasteiger partial charge in [0.15, 0.2) is 0 Å². The number of hydrogen-bond donors (Lipinski definition) is 1. The fourth-order valence-corrected chi connectivity index (χ4v) is 3.11. The van der Waals surface area contributed by atoms with E-state index in [0.717, 1.165) is 28.6 Å². The lowest BCUT2D eigenvalue weighted by Gasteiger charge is -2.31. The third-order valence-corrected chi connectivity index (χ3v) is 4.80. The first-order chi connectivity index (χ1) is 10.5. The second kappa shape index (κ2) is 7.63. The molecule has 0 atom stereocenters. The molecule has 0 spiro atoms. The van der Waals surface area contributed by atoms with Crippen LogP contribution in [0.5, 0.6) is 5.75 Å². The molecular formula is C16H20BrNO4. The van der Waals surface area contributed by atoms with Gasteiger partial charge in [-0.2, -0.15) is 0 Å². The number of ether oxygens (including phenoxy) is 1. The van der Waals surface area contributed by atoms with E-state index in [1.807, 2.05) is 23.1 Å². The van der Waals surface area contributed by atoms with Crippen LogP contribution in [-0.2, 0) is 16.0 Å². The Morgan fingerprint density at radius 1 is 1.36 bits per heavy atom. The largest absolute Gasteiger partial charge is 0.497 e. The van der Waals surface area contributed by atoms with Crippen molar-refractivity contribution < 1.29 is 19.4 Å². The van der Waals surface area contributed by atoms with E-state index in [2.05, 4.69) is 15.9 Å². The maximum absolute atomic E-state index is 12.4. The van der Waals surface area contributed by atoms with Gasteiger partial charge in [0, 0.05) is 24.0 Å². The summed E-state index contributed by atoms with van der Waals surface area (Å²) in [6, 6.07) is 5.58. The molecule has 5 nitrogen and oxygen atoms in total. The number of carboxylic acids is 1. The van der Waals surface area contributed by atoms with Gasteiger partial charge in [0.05, 0.1) is 13.5 Å². The summed E-state index contributed by atoms with van der Waals surface area (Å²) < 4.78 is 6.08. The molecule has 1 aliphatic rings. The Hall–Kier alpha value is -1.56. The molecule has 22 heavy (non-hydrogen) atoms. The van der Waals surface area contributed by atoms with E-state index in [-0.39, 0.29) is 18.2 Å². The summed E-state index contributed by atoms with van der Waals surface area (Å²) in [5, 5.41) is 8.82. The van der Waals surface area contributed by atoms with Crippen molar-refractivity contribution >= 4 is 27.8 Å². The number of rotatable bonds is 5. The quantitative estimate of drug-likeness (QED) is 0.866. The molecule has 0 aromatic heterocycles. The highest BCUT2D eigenvalue weighted by Gasteiger charge is 2.24. The van der Waals surface area contributed by atoms with Gasteiger partial charge >= 0.3 is 5.97 Å². The highest BCUT2D eigenvalue weighted by Crippen LogP contribution is 2.25. The van der Waals surface area contributed by atoms with E-state index in [1.54, 1.807) is 7.11 Å². The first-order valence-corrected chi connectivity index (χ1v) is 8.11. The molecule has 0 saturated carbocycles. The third-order valence-electron chi connectivity index (χ3n) is 4.03. The monoisotopic (exact) mass is 369 g/mol. The zero-order valence-corrected chi connectivity index (χ0v) is 14.1. The van der Waals surface area contributed by atoms with Crippen LogP contribution in [0, 0.1) is 5.92 Å². The van der Waals surface area contributed by atoms with Gasteiger partial charge in [-0.3, -0.25) is 9.59 Å². The molecule has 1 heterocycles. The highest BCUT2D eigenvalue weighted by molar-refractivity contribution is 9.10. The average Bonchev–Trinajstić information content (AvgIpc) is 2.49. The number of nitrogens with zero attached hydrogens (tertiary/aromatic N) is 1. The van der Waals surface area contributed by atoms with Gasteiger partial charge in [-0.15, -0.1) is 0 Å². The van der Waals surface area contributed by atoms with Crippen molar-refractivity contribution in [3.05, 3.63) is 28.2 Å². The van der Waals surface area contributed by atoms with Crippen LogP contribution >= 0.6 is 15.9 Å². The molecule has 0 aliphatic carbocycles. The Balaban J connectivity index is 1.92. The van der Waals surface area contributed by atoms with Crippen molar-refractivity contribution in [1.29, 1.82) is 0 Å². The van der Waals surface area contributed by atoms with Gasteiger partial charge in [0.2, 0.25) is 5.91 Å². The Kier molecular flexibility index (Phi) is 5.83. The van der Waals surface area contributed by atoms with Crippen molar-refractivity contribution in [3.63, 3.8) is 0 Å². The summed E-state index contributed by atoms with van der Waals surface area (Å²) in [5.74, 6) is 0.226.